The van der Waals surface area contributed by atoms with Crippen molar-refractivity contribution in [3.8, 4) is 11.3 Å². The lowest BCUT2D eigenvalue weighted by Crippen LogP contribution is -2.11. The number of nitrogens with one attached hydrogen (secondary N) is 1. The molecule has 0 aliphatic rings. The zero-order valence-electron chi connectivity index (χ0n) is 18.6. The molecule has 0 atom stereocenters. The summed E-state index contributed by atoms with van der Waals surface area (Å²) < 4.78 is 11.6. The Bertz CT molecular complexity index is 1520. The highest BCUT2D eigenvalue weighted by Gasteiger charge is 2.15. The largest absolute Gasteiger partial charge is 0.456 e. The van der Waals surface area contributed by atoms with Crippen molar-refractivity contribution >= 4 is 33.5 Å². The van der Waals surface area contributed by atoms with Gasteiger partial charge in [0.2, 0.25) is 0 Å². The Morgan fingerprint density at radius 2 is 1.58 bits per heavy atom. The quantitative estimate of drug-likeness (QED) is 0.339. The van der Waals surface area contributed by atoms with Gasteiger partial charge in [0.15, 0.2) is 11.2 Å². The van der Waals surface area contributed by atoms with Gasteiger partial charge in [-0.2, -0.15) is 0 Å². The van der Waals surface area contributed by atoms with E-state index in [1.807, 2.05) is 36.4 Å². The lowest BCUT2D eigenvalue weighted by molar-refractivity contribution is 0.0998. The van der Waals surface area contributed by atoms with Crippen LogP contribution < -0.4 is 10.7 Å². The average Bonchev–Trinajstić information content (AvgIpc) is 3.23. The minimum absolute atomic E-state index is 0.0476. The van der Waals surface area contributed by atoms with Crippen LogP contribution in [0.2, 0.25) is 0 Å². The van der Waals surface area contributed by atoms with E-state index in [1.165, 1.54) is 11.6 Å². The van der Waals surface area contributed by atoms with Gasteiger partial charge in [0, 0.05) is 22.7 Å². The van der Waals surface area contributed by atoms with Crippen LogP contribution in [0.3, 0.4) is 0 Å². The number of benzene rings is 3. The molecule has 33 heavy (non-hydrogen) atoms. The molecule has 1 N–H and O–H groups in total. The minimum atomic E-state index is -0.384. The first-order chi connectivity index (χ1) is 15.8. The summed E-state index contributed by atoms with van der Waals surface area (Å²) >= 11 is 0. The van der Waals surface area contributed by atoms with Crippen LogP contribution >= 0.6 is 0 Å². The monoisotopic (exact) mass is 437 g/mol. The number of anilines is 1. The Hall–Kier alpha value is -4.12. The molecule has 5 heteroatoms. The Kier molecular flexibility index (Phi) is 4.90. The lowest BCUT2D eigenvalue weighted by Gasteiger charge is -2.19. The fourth-order valence-electron chi connectivity index (χ4n) is 3.80. The standard InChI is InChI=1S/C28H23NO4/c1-28(2,3)19-10-8-17(9-11-19)25-16-22(30)21-15-20(12-13-24(21)33-25)29-27(31)26-14-18-6-4-5-7-23(18)32-26/h4-16H,1-3H3,(H,29,31). The summed E-state index contributed by atoms with van der Waals surface area (Å²) in [6.45, 7) is 6.47. The highest BCUT2D eigenvalue weighted by Crippen LogP contribution is 2.28. The van der Waals surface area contributed by atoms with Crippen molar-refractivity contribution in [1.82, 2.24) is 0 Å². The molecule has 2 heterocycles. The summed E-state index contributed by atoms with van der Waals surface area (Å²) in [6, 6.07) is 23.7. The molecular formula is C28H23NO4. The Labute approximate surface area is 190 Å². The molecule has 5 aromatic rings. The van der Waals surface area contributed by atoms with Gasteiger partial charge >= 0.3 is 0 Å². The van der Waals surface area contributed by atoms with Crippen molar-refractivity contribution < 1.29 is 13.6 Å². The predicted octanol–water partition coefficient (Wildman–Crippen LogP) is 6.76. The van der Waals surface area contributed by atoms with E-state index in [4.69, 9.17) is 8.83 Å². The summed E-state index contributed by atoms with van der Waals surface area (Å²) in [5, 5.41) is 4.04. The van der Waals surface area contributed by atoms with Gasteiger partial charge in [-0.3, -0.25) is 9.59 Å². The fourth-order valence-corrected chi connectivity index (χ4v) is 3.80. The molecular weight excluding hydrogens is 414 g/mol. The Balaban J connectivity index is 1.43. The summed E-state index contributed by atoms with van der Waals surface area (Å²) in [4.78, 5) is 25.5. The van der Waals surface area contributed by atoms with Gasteiger partial charge in [-0.15, -0.1) is 0 Å². The van der Waals surface area contributed by atoms with Crippen molar-refractivity contribution in [2.75, 3.05) is 5.32 Å². The van der Waals surface area contributed by atoms with E-state index in [0.29, 0.717) is 28.0 Å². The third-order valence-corrected chi connectivity index (χ3v) is 5.67. The molecule has 0 aliphatic carbocycles. The molecule has 0 spiro atoms. The van der Waals surface area contributed by atoms with E-state index in [0.717, 1.165) is 10.9 Å². The normalized spacial score (nSPS) is 11.7. The van der Waals surface area contributed by atoms with Crippen LogP contribution in [0.25, 0.3) is 33.3 Å². The third-order valence-electron chi connectivity index (χ3n) is 5.67. The zero-order valence-corrected chi connectivity index (χ0v) is 18.6. The molecule has 0 aliphatic heterocycles. The maximum Gasteiger partial charge on any atom is 0.291 e. The van der Waals surface area contributed by atoms with Gasteiger partial charge in [0.1, 0.15) is 16.9 Å². The van der Waals surface area contributed by atoms with Gasteiger partial charge in [0.05, 0.1) is 5.39 Å². The third kappa shape index (κ3) is 4.05. The Morgan fingerprint density at radius 1 is 0.818 bits per heavy atom. The van der Waals surface area contributed by atoms with E-state index >= 15 is 0 Å². The van der Waals surface area contributed by atoms with Crippen LogP contribution in [0, 0.1) is 0 Å². The van der Waals surface area contributed by atoms with E-state index < -0.39 is 0 Å². The molecule has 5 rings (SSSR count). The second-order valence-corrected chi connectivity index (χ2v) is 9.12. The molecule has 0 fully saturated rings. The number of fused-ring (bicyclic) bond motifs is 2. The van der Waals surface area contributed by atoms with Gasteiger partial charge in [0.25, 0.3) is 5.91 Å². The average molecular weight is 437 g/mol. The van der Waals surface area contributed by atoms with Gasteiger partial charge in [-0.1, -0.05) is 63.2 Å². The SMILES string of the molecule is CC(C)(C)c1ccc(-c2cc(=O)c3cc(NC(=O)c4cc5ccccc5o4)ccc3o2)cc1. The summed E-state index contributed by atoms with van der Waals surface area (Å²) in [5.74, 6) is 0.329. The highest BCUT2D eigenvalue weighted by molar-refractivity contribution is 6.05. The number of carbonyl (C=O) groups excluding carboxylic acids is 1. The van der Waals surface area contributed by atoms with E-state index in [1.54, 1.807) is 24.3 Å². The molecule has 0 saturated heterocycles. The van der Waals surface area contributed by atoms with Crippen LogP contribution in [0.15, 0.2) is 92.5 Å². The van der Waals surface area contributed by atoms with Crippen molar-refractivity contribution in [1.29, 1.82) is 0 Å². The van der Waals surface area contributed by atoms with E-state index in [-0.39, 0.29) is 22.5 Å². The number of carbonyl (C=O) groups is 1. The van der Waals surface area contributed by atoms with E-state index in [2.05, 4.69) is 38.2 Å². The molecule has 164 valence electrons. The van der Waals surface area contributed by atoms with Crippen molar-refractivity contribution in [2.24, 2.45) is 0 Å². The van der Waals surface area contributed by atoms with Crippen LogP contribution in [-0.2, 0) is 5.41 Å². The molecule has 5 nitrogen and oxygen atoms in total. The van der Waals surface area contributed by atoms with Crippen molar-refractivity contribution in [2.45, 2.75) is 26.2 Å². The zero-order chi connectivity index (χ0) is 23.2. The first kappa shape index (κ1) is 20.8. The molecule has 0 unspecified atom stereocenters. The predicted molar refractivity (Wildman–Crippen MR) is 131 cm³/mol. The molecule has 0 saturated carbocycles. The first-order valence-corrected chi connectivity index (χ1v) is 10.8. The molecule has 3 aromatic carbocycles. The summed E-state index contributed by atoms with van der Waals surface area (Å²) in [5.41, 5.74) is 3.51. The minimum Gasteiger partial charge on any atom is -0.456 e. The topological polar surface area (TPSA) is 72.5 Å². The highest BCUT2D eigenvalue weighted by atomic mass is 16.3. The Morgan fingerprint density at radius 3 is 2.30 bits per heavy atom. The number of hydrogen-bond acceptors (Lipinski definition) is 4. The summed E-state index contributed by atoms with van der Waals surface area (Å²) in [6.07, 6.45) is 0. The maximum atomic E-state index is 12.8. The number of furan rings is 1. The van der Waals surface area contributed by atoms with Crippen molar-refractivity contribution in [3.63, 3.8) is 0 Å². The number of rotatable bonds is 3. The lowest BCUT2D eigenvalue weighted by atomic mass is 9.86. The van der Waals surface area contributed by atoms with E-state index in [9.17, 15) is 9.59 Å². The number of hydrogen-bond donors (Lipinski definition) is 1. The second-order valence-electron chi connectivity index (χ2n) is 9.12. The molecule has 0 bridgehead atoms. The van der Waals surface area contributed by atoms with Gasteiger partial charge in [-0.05, 0) is 41.3 Å². The van der Waals surface area contributed by atoms with Crippen LogP contribution in [0.4, 0.5) is 5.69 Å². The van der Waals surface area contributed by atoms with Crippen LogP contribution in [0.5, 0.6) is 0 Å². The number of amides is 1. The van der Waals surface area contributed by atoms with Crippen LogP contribution in [-0.4, -0.2) is 5.91 Å². The van der Waals surface area contributed by atoms with Gasteiger partial charge in [-0.25, -0.2) is 0 Å². The molecule has 0 radical (unpaired) electrons. The van der Waals surface area contributed by atoms with Gasteiger partial charge < -0.3 is 14.2 Å². The second kappa shape index (κ2) is 7.78. The number of para-hydroxylation sites is 1. The summed E-state index contributed by atoms with van der Waals surface area (Å²) in [7, 11) is 0. The smallest absolute Gasteiger partial charge is 0.291 e. The molecule has 1 amide bonds. The molecule has 2 aromatic heterocycles. The van der Waals surface area contributed by atoms with Crippen molar-refractivity contribution in [3.05, 3.63) is 100 Å². The fraction of sp³-hybridized carbons (Fsp3) is 0.143. The van der Waals surface area contributed by atoms with Crippen LogP contribution in [0.1, 0.15) is 36.9 Å². The first-order valence-electron chi connectivity index (χ1n) is 10.8. The maximum absolute atomic E-state index is 12.8.